The van der Waals surface area contributed by atoms with Gasteiger partial charge in [-0.1, -0.05) is 30.3 Å². The molecule has 0 aromatic heterocycles. The lowest BCUT2D eigenvalue weighted by molar-refractivity contribution is -0.202. The number of cyclic esters (lactones) is 1. The summed E-state index contributed by atoms with van der Waals surface area (Å²) in [6.45, 7) is 3.74. The van der Waals surface area contributed by atoms with Gasteiger partial charge in [0.05, 0.1) is 12.5 Å². The van der Waals surface area contributed by atoms with Crippen molar-refractivity contribution in [2.45, 2.75) is 39.1 Å². The molecule has 1 aromatic rings. The lowest BCUT2D eigenvalue weighted by atomic mass is 9.92. The topological polar surface area (TPSA) is 52.6 Å². The molecule has 0 saturated carbocycles. The third-order valence-electron chi connectivity index (χ3n) is 3.28. The summed E-state index contributed by atoms with van der Waals surface area (Å²) in [7, 11) is 0. The molecule has 0 radical (unpaired) electrons. The summed E-state index contributed by atoms with van der Waals surface area (Å²) in [6.07, 6.45) is -0.389. The van der Waals surface area contributed by atoms with Crippen LogP contribution >= 0.6 is 0 Å². The van der Waals surface area contributed by atoms with Gasteiger partial charge in [0.25, 0.3) is 0 Å². The Morgan fingerprint density at radius 3 is 2.58 bits per heavy atom. The van der Waals surface area contributed by atoms with Gasteiger partial charge in [0.15, 0.2) is 0 Å². The van der Waals surface area contributed by atoms with Crippen LogP contribution in [0.2, 0.25) is 0 Å². The number of Topliss-reactive ketones (excluding diaryl/α,β-unsaturated/α-hetero) is 1. The summed E-state index contributed by atoms with van der Waals surface area (Å²) in [4.78, 5) is 22.4. The Kier molecular flexibility index (Phi) is 4.32. The number of esters is 1. The van der Waals surface area contributed by atoms with Gasteiger partial charge < -0.3 is 9.47 Å². The van der Waals surface area contributed by atoms with Gasteiger partial charge in [0.2, 0.25) is 0 Å². The van der Waals surface area contributed by atoms with E-state index in [0.29, 0.717) is 6.61 Å². The molecule has 1 fully saturated rings. The molecule has 0 amide bonds. The van der Waals surface area contributed by atoms with Crippen LogP contribution in [0.3, 0.4) is 0 Å². The first-order chi connectivity index (χ1) is 9.08. The molecule has 0 N–H and O–H groups in total. The van der Waals surface area contributed by atoms with E-state index in [1.807, 2.05) is 30.3 Å². The molecule has 0 aliphatic carbocycles. The van der Waals surface area contributed by atoms with Crippen molar-refractivity contribution in [1.82, 2.24) is 0 Å². The van der Waals surface area contributed by atoms with E-state index in [0.717, 1.165) is 5.56 Å². The lowest BCUT2D eigenvalue weighted by Gasteiger charge is -2.37. The van der Waals surface area contributed by atoms with Gasteiger partial charge in [0.1, 0.15) is 18.0 Å². The highest BCUT2D eigenvalue weighted by Gasteiger charge is 2.44. The minimum atomic E-state index is -0.356. The maximum Gasteiger partial charge on any atom is 0.312 e. The van der Waals surface area contributed by atoms with Crippen LogP contribution in [0.15, 0.2) is 30.3 Å². The summed E-state index contributed by atoms with van der Waals surface area (Å²) in [5.74, 6) is -0.379. The largest absolute Gasteiger partial charge is 0.458 e. The molecule has 1 heterocycles. The first kappa shape index (κ1) is 13.7. The lowest BCUT2D eigenvalue weighted by Crippen LogP contribution is -2.51. The molecule has 1 aromatic carbocycles. The van der Waals surface area contributed by atoms with Gasteiger partial charge in [-0.05, 0) is 19.4 Å². The van der Waals surface area contributed by atoms with E-state index in [-0.39, 0.29) is 36.3 Å². The van der Waals surface area contributed by atoms with Gasteiger partial charge in [-0.15, -0.1) is 0 Å². The summed E-state index contributed by atoms with van der Waals surface area (Å²) < 4.78 is 10.9. The molecular weight excluding hydrogens is 244 g/mol. The number of rotatable bonds is 6. The first-order valence-electron chi connectivity index (χ1n) is 6.43. The van der Waals surface area contributed by atoms with Crippen molar-refractivity contribution in [3.05, 3.63) is 35.9 Å². The molecule has 0 spiro atoms. The Hall–Kier alpha value is -1.68. The van der Waals surface area contributed by atoms with Crippen molar-refractivity contribution >= 4 is 11.8 Å². The van der Waals surface area contributed by atoms with Crippen LogP contribution in [0, 0.1) is 5.92 Å². The highest BCUT2D eigenvalue weighted by Crippen LogP contribution is 2.28. The van der Waals surface area contributed by atoms with Crippen molar-refractivity contribution < 1.29 is 19.1 Å². The fourth-order valence-corrected chi connectivity index (χ4v) is 2.13. The van der Waals surface area contributed by atoms with Crippen LogP contribution < -0.4 is 0 Å². The van der Waals surface area contributed by atoms with Crippen molar-refractivity contribution in [2.24, 2.45) is 5.92 Å². The number of benzene rings is 1. The molecule has 1 aliphatic heterocycles. The molecule has 102 valence electrons. The summed E-state index contributed by atoms with van der Waals surface area (Å²) in [6, 6.07) is 9.73. The highest BCUT2D eigenvalue weighted by molar-refractivity contribution is 5.80. The minimum Gasteiger partial charge on any atom is -0.458 e. The van der Waals surface area contributed by atoms with Crippen molar-refractivity contribution in [1.29, 1.82) is 0 Å². The van der Waals surface area contributed by atoms with Crippen LogP contribution in [0.1, 0.15) is 25.8 Å². The Morgan fingerprint density at radius 2 is 2.05 bits per heavy atom. The van der Waals surface area contributed by atoms with E-state index in [2.05, 4.69) is 0 Å². The van der Waals surface area contributed by atoms with E-state index in [1.54, 1.807) is 6.92 Å². The highest BCUT2D eigenvalue weighted by atomic mass is 16.6. The Balaban J connectivity index is 1.94. The van der Waals surface area contributed by atoms with E-state index >= 15 is 0 Å². The zero-order valence-corrected chi connectivity index (χ0v) is 11.2. The fraction of sp³-hybridized carbons (Fsp3) is 0.467. The van der Waals surface area contributed by atoms with Gasteiger partial charge in [-0.25, -0.2) is 0 Å². The zero-order valence-electron chi connectivity index (χ0n) is 11.2. The Bertz CT molecular complexity index is 454. The zero-order chi connectivity index (χ0) is 13.8. The smallest absolute Gasteiger partial charge is 0.312 e. The van der Waals surface area contributed by atoms with E-state index in [9.17, 15) is 9.59 Å². The maximum absolute atomic E-state index is 11.3. The number of hydrogen-bond donors (Lipinski definition) is 0. The SMILES string of the molecule is CC(=O)C[C@H](OCc1ccccc1)[C@H]1OC(=O)[C@@H]1C. The number of hydrogen-bond acceptors (Lipinski definition) is 4. The molecule has 2 rings (SSSR count). The van der Waals surface area contributed by atoms with Gasteiger partial charge in [-0.3, -0.25) is 9.59 Å². The molecule has 4 nitrogen and oxygen atoms in total. The van der Waals surface area contributed by atoms with Gasteiger partial charge in [-0.2, -0.15) is 0 Å². The number of carbonyl (C=O) groups excluding carboxylic acids is 2. The van der Waals surface area contributed by atoms with Crippen molar-refractivity contribution in [3.63, 3.8) is 0 Å². The first-order valence-corrected chi connectivity index (χ1v) is 6.43. The second-order valence-corrected chi connectivity index (χ2v) is 4.93. The minimum absolute atomic E-state index is 0.0354. The molecule has 3 atom stereocenters. The molecule has 19 heavy (non-hydrogen) atoms. The normalized spacial score (nSPS) is 23.4. The molecule has 4 heteroatoms. The fourth-order valence-electron chi connectivity index (χ4n) is 2.13. The van der Waals surface area contributed by atoms with Gasteiger partial charge >= 0.3 is 5.97 Å². The third-order valence-corrected chi connectivity index (χ3v) is 3.28. The van der Waals surface area contributed by atoms with Crippen LogP contribution in [-0.4, -0.2) is 24.0 Å². The Morgan fingerprint density at radius 1 is 1.37 bits per heavy atom. The van der Waals surface area contributed by atoms with Crippen molar-refractivity contribution in [2.75, 3.05) is 0 Å². The second kappa shape index (κ2) is 5.97. The summed E-state index contributed by atoms with van der Waals surface area (Å²) in [5, 5.41) is 0. The maximum atomic E-state index is 11.3. The molecule has 1 aliphatic rings. The number of ether oxygens (including phenoxy) is 2. The second-order valence-electron chi connectivity index (χ2n) is 4.93. The van der Waals surface area contributed by atoms with Crippen LogP contribution in [-0.2, 0) is 25.7 Å². The van der Waals surface area contributed by atoms with Gasteiger partial charge in [0, 0.05) is 6.42 Å². The van der Waals surface area contributed by atoms with Crippen LogP contribution in [0.25, 0.3) is 0 Å². The predicted octanol–water partition coefficient (Wildman–Crippen LogP) is 2.11. The molecule has 0 unspecified atom stereocenters. The molecular formula is C15H18O4. The van der Waals surface area contributed by atoms with Crippen molar-refractivity contribution in [3.8, 4) is 0 Å². The van der Waals surface area contributed by atoms with E-state index < -0.39 is 0 Å². The van der Waals surface area contributed by atoms with E-state index in [1.165, 1.54) is 6.92 Å². The monoisotopic (exact) mass is 262 g/mol. The number of ketones is 1. The average Bonchev–Trinajstić information content (AvgIpc) is 2.41. The quantitative estimate of drug-likeness (QED) is 0.737. The predicted molar refractivity (Wildman–Crippen MR) is 69.4 cm³/mol. The summed E-state index contributed by atoms with van der Waals surface area (Å²) in [5.41, 5.74) is 1.04. The summed E-state index contributed by atoms with van der Waals surface area (Å²) >= 11 is 0. The molecule has 1 saturated heterocycles. The Labute approximate surface area is 112 Å². The van der Waals surface area contributed by atoms with E-state index in [4.69, 9.17) is 9.47 Å². The third kappa shape index (κ3) is 3.41. The molecule has 0 bridgehead atoms. The number of carbonyl (C=O) groups is 2. The van der Waals surface area contributed by atoms with Crippen LogP contribution in [0.5, 0.6) is 0 Å². The van der Waals surface area contributed by atoms with Crippen LogP contribution in [0.4, 0.5) is 0 Å². The average molecular weight is 262 g/mol. The standard InChI is InChI=1S/C15H18O4/c1-10(16)8-13(14-11(2)15(17)19-14)18-9-12-6-4-3-5-7-12/h3-7,11,13-14H,8-9H2,1-2H3/t11-,13+,14+/m1/s1.